The lowest BCUT2D eigenvalue weighted by molar-refractivity contribution is -0.939. The molecule has 33 heavy (non-hydrogen) atoms. The molecule has 6 rings (SSSR count). The zero-order valence-electron chi connectivity index (χ0n) is 19.2. The molecule has 1 aromatic heterocycles. The number of piperazine rings is 3. The number of quaternary nitrogens is 1. The number of nitrogens with zero attached hydrogens (tertiary/aromatic N) is 6. The maximum atomic E-state index is 6.60. The van der Waals surface area contributed by atoms with Gasteiger partial charge in [-0.15, -0.1) is 10.2 Å². The van der Waals surface area contributed by atoms with E-state index in [0.29, 0.717) is 15.8 Å². The van der Waals surface area contributed by atoms with E-state index in [1.165, 1.54) is 61.6 Å². The van der Waals surface area contributed by atoms with E-state index < -0.39 is 0 Å². The molecule has 7 nitrogen and oxygen atoms in total. The van der Waals surface area contributed by atoms with Crippen LogP contribution in [0.4, 0.5) is 16.5 Å². The van der Waals surface area contributed by atoms with Crippen LogP contribution in [0.5, 0.6) is 5.75 Å². The number of rotatable bonds is 8. The number of benzene rings is 2. The number of methoxy groups -OCH3 is 1. The van der Waals surface area contributed by atoms with Crippen molar-refractivity contribution in [2.45, 2.75) is 6.92 Å². The van der Waals surface area contributed by atoms with E-state index >= 15 is 0 Å². The second-order valence-corrected chi connectivity index (χ2v) is 10.2. The highest BCUT2D eigenvalue weighted by atomic mass is 35.5. The fourth-order valence-corrected chi connectivity index (χ4v) is 5.78. The highest BCUT2D eigenvalue weighted by molar-refractivity contribution is 7.21. The first-order chi connectivity index (χ1) is 16.1. The number of anilines is 1. The minimum absolute atomic E-state index is 0.601. The molecular formula is C24H30ClN6OS+. The Balaban J connectivity index is 1.27. The average molecular weight is 486 g/mol. The number of thiazole rings is 1. The SMILES string of the molecule is CCN(CC[N+]12CCN(CC1)CC2)c1ccc(N=Nc2nc3cc(OC)ccc3s2)c(Cl)c1. The lowest BCUT2D eigenvalue weighted by Gasteiger charge is -2.51. The molecule has 0 aliphatic carbocycles. The van der Waals surface area contributed by atoms with Gasteiger partial charge in [0.15, 0.2) is 0 Å². The Morgan fingerprint density at radius 1 is 1.12 bits per heavy atom. The summed E-state index contributed by atoms with van der Waals surface area (Å²) in [6, 6.07) is 11.9. The van der Waals surface area contributed by atoms with Crippen molar-refractivity contribution in [3.8, 4) is 5.75 Å². The van der Waals surface area contributed by atoms with Crippen LogP contribution < -0.4 is 9.64 Å². The lowest BCUT2D eigenvalue weighted by atomic mass is 10.1. The van der Waals surface area contributed by atoms with E-state index in [9.17, 15) is 0 Å². The first-order valence-corrected chi connectivity index (χ1v) is 12.8. The molecular weight excluding hydrogens is 456 g/mol. The van der Waals surface area contributed by atoms with Crippen LogP contribution in [0, 0.1) is 0 Å². The van der Waals surface area contributed by atoms with E-state index in [1.54, 1.807) is 7.11 Å². The number of fused-ring (bicyclic) bond motifs is 4. The van der Waals surface area contributed by atoms with Gasteiger partial charge in [0, 0.05) is 37.9 Å². The zero-order chi connectivity index (χ0) is 22.8. The molecule has 3 saturated heterocycles. The largest absolute Gasteiger partial charge is 0.497 e. The monoisotopic (exact) mass is 485 g/mol. The summed E-state index contributed by atoms with van der Waals surface area (Å²) in [6.45, 7) is 13.0. The van der Waals surface area contributed by atoms with Crippen molar-refractivity contribution in [2.75, 3.05) is 70.9 Å². The van der Waals surface area contributed by atoms with E-state index in [-0.39, 0.29) is 0 Å². The van der Waals surface area contributed by atoms with E-state index in [2.05, 4.69) is 38.0 Å². The van der Waals surface area contributed by atoms with Gasteiger partial charge in [0.05, 0.1) is 55.1 Å². The molecule has 9 heteroatoms. The highest BCUT2D eigenvalue weighted by Crippen LogP contribution is 2.34. The molecule has 4 heterocycles. The van der Waals surface area contributed by atoms with Crippen molar-refractivity contribution in [1.29, 1.82) is 0 Å². The topological polar surface area (TPSA) is 53.3 Å². The quantitative estimate of drug-likeness (QED) is 0.319. The summed E-state index contributed by atoms with van der Waals surface area (Å²) < 4.78 is 7.58. The van der Waals surface area contributed by atoms with Gasteiger partial charge in [-0.1, -0.05) is 22.9 Å². The summed E-state index contributed by atoms with van der Waals surface area (Å²) in [7, 11) is 1.65. The Labute approximate surface area is 203 Å². The average Bonchev–Trinajstić information content (AvgIpc) is 3.27. The Hall–Kier alpha value is -2.26. The molecule has 3 aliphatic rings. The molecule has 0 atom stereocenters. The molecule has 3 fully saturated rings. The third kappa shape index (κ3) is 4.84. The standard InChI is InChI=1S/C24H30ClN6OS/c1-3-30(11-15-31-12-8-29(9-13-31)10-14-31)18-4-6-21(20(25)16-18)27-28-24-26-22-17-19(32-2)5-7-23(22)33-24/h4-7,16-17H,3,8-15H2,1-2H3/q+1. The van der Waals surface area contributed by atoms with Crippen molar-refractivity contribution in [3.05, 3.63) is 41.4 Å². The molecule has 0 amide bonds. The second-order valence-electron chi connectivity index (χ2n) is 8.82. The smallest absolute Gasteiger partial charge is 0.231 e. The Bertz CT molecular complexity index is 1140. The van der Waals surface area contributed by atoms with Crippen LogP contribution in [-0.4, -0.2) is 80.4 Å². The van der Waals surface area contributed by atoms with Crippen LogP contribution in [0.1, 0.15) is 6.92 Å². The summed E-state index contributed by atoms with van der Waals surface area (Å²) in [5.74, 6) is 0.780. The number of ether oxygens (including phenoxy) is 1. The van der Waals surface area contributed by atoms with Crippen molar-refractivity contribution in [2.24, 2.45) is 10.2 Å². The molecule has 0 N–H and O–H groups in total. The normalized spacial score (nSPS) is 22.3. The molecule has 0 radical (unpaired) electrons. The summed E-state index contributed by atoms with van der Waals surface area (Å²) in [4.78, 5) is 9.55. The number of hydrogen-bond donors (Lipinski definition) is 0. The minimum Gasteiger partial charge on any atom is -0.497 e. The van der Waals surface area contributed by atoms with Gasteiger partial charge in [0.25, 0.3) is 0 Å². The van der Waals surface area contributed by atoms with Gasteiger partial charge < -0.3 is 14.1 Å². The van der Waals surface area contributed by atoms with Gasteiger partial charge in [0.1, 0.15) is 11.4 Å². The predicted octanol–water partition coefficient (Wildman–Crippen LogP) is 5.35. The maximum Gasteiger partial charge on any atom is 0.231 e. The van der Waals surface area contributed by atoms with Gasteiger partial charge in [-0.2, -0.15) is 0 Å². The Morgan fingerprint density at radius 2 is 1.91 bits per heavy atom. The summed E-state index contributed by atoms with van der Waals surface area (Å²) >= 11 is 8.10. The summed E-state index contributed by atoms with van der Waals surface area (Å²) in [6.07, 6.45) is 0. The highest BCUT2D eigenvalue weighted by Gasteiger charge is 2.38. The van der Waals surface area contributed by atoms with Gasteiger partial charge in [-0.25, -0.2) is 4.98 Å². The third-order valence-electron chi connectivity index (χ3n) is 7.02. The first-order valence-electron chi connectivity index (χ1n) is 11.6. The van der Waals surface area contributed by atoms with Crippen molar-refractivity contribution in [1.82, 2.24) is 9.88 Å². The fraction of sp³-hybridized carbons (Fsp3) is 0.458. The van der Waals surface area contributed by atoms with Crippen molar-refractivity contribution < 1.29 is 9.22 Å². The zero-order valence-corrected chi connectivity index (χ0v) is 20.8. The molecule has 2 aromatic carbocycles. The van der Waals surface area contributed by atoms with E-state index in [1.807, 2.05) is 30.3 Å². The van der Waals surface area contributed by atoms with E-state index in [4.69, 9.17) is 16.3 Å². The number of aromatic nitrogens is 1. The summed E-state index contributed by atoms with van der Waals surface area (Å²) in [5, 5.41) is 9.92. The van der Waals surface area contributed by atoms with Gasteiger partial charge in [-0.05, 0) is 37.3 Å². The third-order valence-corrected chi connectivity index (χ3v) is 8.24. The predicted molar refractivity (Wildman–Crippen MR) is 136 cm³/mol. The first kappa shape index (κ1) is 22.5. The van der Waals surface area contributed by atoms with Crippen LogP contribution in [0.2, 0.25) is 5.02 Å². The van der Waals surface area contributed by atoms with Crippen LogP contribution in [-0.2, 0) is 0 Å². The molecule has 2 bridgehead atoms. The molecule has 3 aliphatic heterocycles. The molecule has 0 unspecified atom stereocenters. The van der Waals surface area contributed by atoms with E-state index in [0.717, 1.165) is 34.7 Å². The number of hydrogen-bond acceptors (Lipinski definition) is 7. The molecule has 0 spiro atoms. The number of azo groups is 1. The van der Waals surface area contributed by atoms with Crippen LogP contribution in [0.25, 0.3) is 10.2 Å². The fourth-order valence-electron chi connectivity index (χ4n) is 4.80. The van der Waals surface area contributed by atoms with Crippen LogP contribution in [0.3, 0.4) is 0 Å². The number of likely N-dealkylation sites (N-methyl/N-ethyl adjacent to an activating group) is 1. The molecule has 174 valence electrons. The van der Waals surface area contributed by atoms with Gasteiger partial charge in [0.2, 0.25) is 5.13 Å². The Morgan fingerprint density at radius 3 is 2.61 bits per heavy atom. The minimum atomic E-state index is 0.601. The van der Waals surface area contributed by atoms with Crippen molar-refractivity contribution in [3.63, 3.8) is 0 Å². The molecule has 0 saturated carbocycles. The maximum absolute atomic E-state index is 6.60. The number of halogens is 1. The van der Waals surface area contributed by atoms with Gasteiger partial charge >= 0.3 is 0 Å². The second kappa shape index (κ2) is 9.54. The van der Waals surface area contributed by atoms with Gasteiger partial charge in [-0.3, -0.25) is 4.90 Å². The molecule has 3 aromatic rings. The lowest BCUT2D eigenvalue weighted by Crippen LogP contribution is -2.68. The van der Waals surface area contributed by atoms with Crippen LogP contribution >= 0.6 is 22.9 Å². The van der Waals surface area contributed by atoms with Crippen LogP contribution in [0.15, 0.2) is 46.6 Å². The Kier molecular flexibility index (Phi) is 6.51. The van der Waals surface area contributed by atoms with Crippen molar-refractivity contribution >= 4 is 49.7 Å². The summed E-state index contributed by atoms with van der Waals surface area (Å²) in [5.41, 5.74) is 2.65.